The van der Waals surface area contributed by atoms with Crippen LogP contribution in [0.15, 0.2) is 0 Å². The summed E-state index contributed by atoms with van der Waals surface area (Å²) in [5.41, 5.74) is 0. The number of rotatable bonds is 0. The van der Waals surface area contributed by atoms with E-state index < -0.39 is 7.82 Å². The van der Waals surface area contributed by atoms with Crippen LogP contribution in [0.25, 0.3) is 0 Å². The second-order valence-electron chi connectivity index (χ2n) is 0.513. The van der Waals surface area contributed by atoms with Gasteiger partial charge in [-0.25, -0.2) is 4.57 Å². The molecule has 0 atom stereocenters. The maximum Gasteiger partial charge on any atom is 0 e. The first kappa shape index (κ1) is 22.6. The Hall–Kier alpha value is 1.72. The van der Waals surface area contributed by atoms with E-state index in [1.165, 1.54) is 0 Å². The molecule has 8 heteroatoms. The Balaban J connectivity index is -0.0000000267. The van der Waals surface area contributed by atoms with Crippen molar-refractivity contribution < 1.29 is 52.8 Å². The molecule has 8 heavy (non-hydrogen) atoms. The van der Waals surface area contributed by atoms with Gasteiger partial charge >= 0.3 is 26.7 Å². The molecule has 0 unspecified atom stereocenters. The van der Waals surface area contributed by atoms with Gasteiger partial charge in [0.05, 0.1) is 0 Å². The van der Waals surface area contributed by atoms with E-state index >= 15 is 0 Å². The zero-order valence-corrected chi connectivity index (χ0v) is 5.85. The fraction of sp³-hybridized carbons (Fsp3) is 0. The molecule has 0 heterocycles. The van der Waals surface area contributed by atoms with Crippen molar-refractivity contribution in [3.63, 3.8) is 0 Å². The summed E-state index contributed by atoms with van der Waals surface area (Å²) in [5, 5.41) is 0. The third kappa shape index (κ3) is 118. The van der Waals surface area contributed by atoms with Crippen molar-refractivity contribution in [3.8, 4) is 0 Å². The molecule has 0 bridgehead atoms. The Kier molecular flexibility index (Phi) is 24.6. The van der Waals surface area contributed by atoms with Crippen LogP contribution in [0.5, 0.6) is 0 Å². The van der Waals surface area contributed by atoms with Crippen LogP contribution in [0, 0.1) is 0 Å². The summed E-state index contributed by atoms with van der Waals surface area (Å²) in [6, 6.07) is 0. The van der Waals surface area contributed by atoms with Gasteiger partial charge in [0.2, 0.25) is 0 Å². The van der Waals surface area contributed by atoms with Gasteiger partial charge in [-0.3, -0.25) is 0 Å². The van der Waals surface area contributed by atoms with Crippen molar-refractivity contribution in [2.24, 2.45) is 0 Å². The largest absolute Gasteiger partial charge is 0 e. The molecule has 0 amide bonds. The average molecular weight is 220 g/mol. The molecule has 0 aromatic carbocycles. The molecule has 4 nitrogen and oxygen atoms in total. The van der Waals surface area contributed by atoms with Gasteiger partial charge in [0.25, 0.3) is 0 Å². The van der Waals surface area contributed by atoms with Crippen molar-refractivity contribution in [2.75, 3.05) is 0 Å². The topological polar surface area (TPSA) is 77.8 Å². The first-order valence-corrected chi connectivity index (χ1v) is 2.35. The molecule has 0 aromatic heterocycles. The third-order valence-corrected chi connectivity index (χ3v) is 0. The predicted molar refractivity (Wildman–Crippen MR) is 21.4 cm³/mol. The molecule has 0 saturated carbocycles. The van der Waals surface area contributed by atoms with Crippen LogP contribution in [-0.2, 0) is 38.1 Å². The summed E-state index contributed by atoms with van der Waals surface area (Å²) in [7, 11) is -4.64. The minimum Gasteiger partial charge on any atom is 0 e. The molecule has 52 valence electrons. The summed E-state index contributed by atoms with van der Waals surface area (Å²) in [4.78, 5) is 21.6. The second kappa shape index (κ2) is 8.72. The third-order valence-electron chi connectivity index (χ3n) is 0. The number of hydrogen-bond donors (Lipinski definition) is 3. The second-order valence-corrected chi connectivity index (χ2v) is 1.54. The smallest absolute Gasteiger partial charge is 0 e. The molecule has 0 aliphatic carbocycles. The Morgan fingerprint density at radius 3 is 1.12 bits per heavy atom. The summed E-state index contributed by atoms with van der Waals surface area (Å²) in [5.74, 6) is 0. The molecule has 0 aliphatic heterocycles. The molecule has 0 fully saturated rings. The number of hydrogen-bond acceptors (Lipinski definition) is 1. The van der Waals surface area contributed by atoms with Crippen molar-refractivity contribution in [2.45, 2.75) is 0 Å². The van der Waals surface area contributed by atoms with Gasteiger partial charge < -0.3 is 14.7 Å². The Bertz CT molecular complexity index is 62.2. The number of phosphoric acid groups is 1. The van der Waals surface area contributed by atoms with Crippen LogP contribution >= 0.6 is 7.82 Å². The van der Waals surface area contributed by atoms with Crippen LogP contribution in [0.2, 0.25) is 0 Å². The minimum absolute atomic E-state index is 0. The Labute approximate surface area is 79.2 Å². The van der Waals surface area contributed by atoms with Gasteiger partial charge in [-0.2, -0.15) is 0 Å². The van der Waals surface area contributed by atoms with E-state index in [1.807, 2.05) is 0 Å². The van der Waals surface area contributed by atoms with E-state index in [1.54, 1.807) is 0 Å². The van der Waals surface area contributed by atoms with Crippen molar-refractivity contribution in [1.29, 1.82) is 0 Å². The van der Waals surface area contributed by atoms with Crippen LogP contribution in [-0.4, -0.2) is 33.5 Å². The molecule has 0 rings (SSSR count). The first-order chi connectivity index (χ1) is 2.00. The predicted octanol–water partition coefficient (Wildman–Crippen LogP) is -1.58. The molecular formula is H4FeLiNiO4P. The maximum atomic E-state index is 8.88. The summed E-state index contributed by atoms with van der Waals surface area (Å²) in [6.45, 7) is 0. The fourth-order valence-electron chi connectivity index (χ4n) is 0. The van der Waals surface area contributed by atoms with Gasteiger partial charge in [-0.1, -0.05) is 0 Å². The van der Waals surface area contributed by atoms with E-state index in [-0.39, 0.29) is 52.4 Å². The normalized spacial score (nSPS) is 7.38. The van der Waals surface area contributed by atoms with Crippen molar-refractivity contribution in [1.82, 2.24) is 0 Å². The van der Waals surface area contributed by atoms with Gasteiger partial charge in [0.15, 0.2) is 0 Å². The first-order valence-electron chi connectivity index (χ1n) is 0.783. The zero-order valence-electron chi connectivity index (χ0n) is 2.87. The minimum atomic E-state index is -4.64. The quantitative estimate of drug-likeness (QED) is 0.340. The molecule has 0 saturated heterocycles. The monoisotopic (exact) mass is 220 g/mol. The maximum absolute atomic E-state index is 8.88. The fourth-order valence-corrected chi connectivity index (χ4v) is 0. The molecule has 3 N–H and O–H groups in total. The van der Waals surface area contributed by atoms with Crippen LogP contribution in [0.3, 0.4) is 0 Å². The standard InChI is InChI=1S/Fe.Li.Ni.H3O4P.H/c;;;1-5(2,3)4;/h;;;(H3,1,2,3,4);. The summed E-state index contributed by atoms with van der Waals surface area (Å²) < 4.78 is 8.88. The summed E-state index contributed by atoms with van der Waals surface area (Å²) in [6.07, 6.45) is 0. The van der Waals surface area contributed by atoms with Crippen LogP contribution in [0.1, 0.15) is 0 Å². The van der Waals surface area contributed by atoms with E-state index in [9.17, 15) is 0 Å². The van der Waals surface area contributed by atoms with Crippen LogP contribution in [0.4, 0.5) is 0 Å². The molecule has 0 aliphatic rings. The molecule has 0 aromatic rings. The van der Waals surface area contributed by atoms with Gasteiger partial charge in [0.1, 0.15) is 0 Å². The zero-order chi connectivity index (χ0) is 4.50. The molecular weight excluding hydrogens is 216 g/mol. The summed E-state index contributed by atoms with van der Waals surface area (Å²) >= 11 is 0. The van der Waals surface area contributed by atoms with Crippen molar-refractivity contribution >= 4 is 26.7 Å². The van der Waals surface area contributed by atoms with Gasteiger partial charge in [-0.05, 0) is 0 Å². The van der Waals surface area contributed by atoms with Gasteiger partial charge in [0, 0.05) is 33.6 Å². The Morgan fingerprint density at radius 2 is 1.12 bits per heavy atom. The van der Waals surface area contributed by atoms with Gasteiger partial charge in [-0.15, -0.1) is 0 Å². The van der Waals surface area contributed by atoms with E-state index in [0.29, 0.717) is 0 Å². The van der Waals surface area contributed by atoms with Crippen LogP contribution < -0.4 is 0 Å². The molecule has 0 radical (unpaired) electrons. The van der Waals surface area contributed by atoms with Crippen molar-refractivity contribution in [3.05, 3.63) is 0 Å². The average Bonchev–Trinajstić information content (AvgIpc) is 0.722. The Morgan fingerprint density at radius 1 is 1.12 bits per heavy atom. The van der Waals surface area contributed by atoms with E-state index in [0.717, 1.165) is 0 Å². The van der Waals surface area contributed by atoms with E-state index in [2.05, 4.69) is 0 Å². The molecule has 0 spiro atoms. The van der Waals surface area contributed by atoms with E-state index in [4.69, 9.17) is 19.2 Å². The SMILES string of the molecule is O=P(O)(O)O.[Fe].[LiH].[Ni].